The van der Waals surface area contributed by atoms with Gasteiger partial charge in [-0.1, -0.05) is 0 Å². The van der Waals surface area contributed by atoms with E-state index in [2.05, 4.69) is 0 Å². The summed E-state index contributed by atoms with van der Waals surface area (Å²) < 4.78 is 65.4. The molecule has 0 unspecified atom stereocenters. The van der Waals surface area contributed by atoms with Gasteiger partial charge in [-0.2, -0.15) is 0 Å². The van der Waals surface area contributed by atoms with E-state index in [4.69, 9.17) is 0 Å². The Morgan fingerprint density at radius 1 is 0.424 bits per heavy atom. The monoisotopic (exact) mass is 500 g/mol. The average Bonchev–Trinajstić information content (AvgIpc) is 2.81. The molecule has 0 heterocycles. The second kappa shape index (κ2) is 8.82. The fourth-order valence-corrected chi connectivity index (χ4v) is 9.81. The third-order valence-electron chi connectivity index (χ3n) is 5.58. The maximum atomic E-state index is 11.6. The molecule has 9 heteroatoms. The zero-order valence-corrected chi connectivity index (χ0v) is 19.9. The Balaban J connectivity index is 2.08. The topological polar surface area (TPSA) is 109 Å². The minimum absolute atomic E-state index is 0.211. The van der Waals surface area contributed by atoms with Crippen LogP contribution in [0.15, 0.2) is 119 Å². The van der Waals surface area contributed by atoms with E-state index in [-0.39, 0.29) is 9.79 Å². The van der Waals surface area contributed by atoms with Crippen LogP contribution in [0.1, 0.15) is 0 Å². The van der Waals surface area contributed by atoms with Crippen molar-refractivity contribution in [2.75, 3.05) is 0 Å². The van der Waals surface area contributed by atoms with Crippen LogP contribution in [0, 0.1) is 0 Å². The summed E-state index contributed by atoms with van der Waals surface area (Å²) in [7, 11) is -11.7. The molecule has 0 saturated carbocycles. The Hall–Kier alpha value is -2.87. The Labute approximate surface area is 193 Å². The van der Waals surface area contributed by atoms with Gasteiger partial charge in [-0.05, 0) is 0 Å². The van der Waals surface area contributed by atoms with Gasteiger partial charge in [0, 0.05) is 0 Å². The molecule has 4 rings (SSSR count). The number of hydrogen-bond acceptors (Lipinski definition) is 4. The molecule has 4 aromatic rings. The van der Waals surface area contributed by atoms with E-state index in [0.717, 1.165) is 21.2 Å². The first-order valence-corrected chi connectivity index (χ1v) is 14.8. The van der Waals surface area contributed by atoms with Crippen molar-refractivity contribution in [1.82, 2.24) is 0 Å². The summed E-state index contributed by atoms with van der Waals surface area (Å²) in [4.78, 5) is -0.422. The van der Waals surface area contributed by atoms with Gasteiger partial charge >= 0.3 is 194 Å². The van der Waals surface area contributed by atoms with Crippen LogP contribution < -0.4 is 21.2 Å². The Bertz CT molecular complexity index is 1350. The number of rotatable bonds is 6. The van der Waals surface area contributed by atoms with E-state index in [1.807, 2.05) is 60.7 Å². The van der Waals surface area contributed by atoms with Crippen LogP contribution in [-0.2, 0) is 20.2 Å². The number of hydrogen-bond donors (Lipinski definition) is 2. The van der Waals surface area contributed by atoms with Crippen molar-refractivity contribution in [3.8, 4) is 0 Å². The predicted octanol–water partition coefficient (Wildman–Crippen LogP) is 2.53. The summed E-state index contributed by atoms with van der Waals surface area (Å²) in [6, 6.07) is 31.6. The second-order valence-corrected chi connectivity index (χ2v) is 14.1. The first-order valence-electron chi connectivity index (χ1n) is 9.90. The van der Waals surface area contributed by atoms with Gasteiger partial charge < -0.3 is 0 Å². The van der Waals surface area contributed by atoms with E-state index >= 15 is 0 Å². The molecular weight excluding hydrogens is 479 g/mol. The molecule has 0 spiro atoms. The molecule has 0 amide bonds. The van der Waals surface area contributed by atoms with Crippen molar-refractivity contribution >= 4 is 48.7 Å². The molecule has 33 heavy (non-hydrogen) atoms. The van der Waals surface area contributed by atoms with Gasteiger partial charge in [-0.3, -0.25) is 0 Å². The zero-order valence-electron chi connectivity index (χ0n) is 17.2. The quantitative estimate of drug-likeness (QED) is 0.311. The average molecular weight is 501 g/mol. The van der Waals surface area contributed by atoms with Crippen LogP contribution in [0.3, 0.4) is 0 Å². The van der Waals surface area contributed by atoms with Crippen LogP contribution in [0.25, 0.3) is 0 Å². The molecule has 0 aliphatic heterocycles. The third kappa shape index (κ3) is 4.49. The molecule has 0 bridgehead atoms. The van der Waals surface area contributed by atoms with Gasteiger partial charge in [0.05, 0.1) is 0 Å². The summed E-state index contributed by atoms with van der Waals surface area (Å²) in [5.41, 5.74) is 0. The molecule has 2 N–H and O–H groups in total. The fourth-order valence-electron chi connectivity index (χ4n) is 4.13. The van der Waals surface area contributed by atoms with E-state index in [1.165, 1.54) is 24.3 Å². The SMILES string of the molecule is O=S(=O)(O)c1ccc([PH](c2ccccc2)(c2ccccc2)c2ccc(S(=O)(=O)O)cc2)cc1. The van der Waals surface area contributed by atoms with E-state index in [9.17, 15) is 25.9 Å². The molecule has 0 fully saturated rings. The standard InChI is InChI=1S/C24H21O6PS2/c25-32(26,27)23-15-11-21(12-16-23)31(19-7-3-1-4-8-19,20-9-5-2-6-10-20)22-13-17-24(18-14-22)33(28,29)30/h1-18,31H,(H,25,26,27)(H,28,29,30). The van der Waals surface area contributed by atoms with Crippen LogP contribution in [-0.4, -0.2) is 25.9 Å². The molecule has 0 radical (unpaired) electrons. The van der Waals surface area contributed by atoms with E-state index < -0.39 is 27.5 Å². The van der Waals surface area contributed by atoms with Gasteiger partial charge in [0.25, 0.3) is 0 Å². The molecule has 4 aromatic carbocycles. The maximum absolute atomic E-state index is 11.6. The number of benzene rings is 4. The molecule has 170 valence electrons. The van der Waals surface area contributed by atoms with Crippen LogP contribution in [0.4, 0.5) is 0 Å². The summed E-state index contributed by atoms with van der Waals surface area (Å²) in [5.74, 6) is 0. The van der Waals surface area contributed by atoms with Gasteiger partial charge in [-0.25, -0.2) is 0 Å². The molecule has 0 atom stereocenters. The normalized spacial score (nSPS) is 12.9. The van der Waals surface area contributed by atoms with Crippen molar-refractivity contribution in [3.05, 3.63) is 109 Å². The van der Waals surface area contributed by atoms with Crippen molar-refractivity contribution in [3.63, 3.8) is 0 Å². The summed E-state index contributed by atoms with van der Waals surface area (Å²) in [6.45, 7) is 0. The van der Waals surface area contributed by atoms with E-state index in [1.54, 1.807) is 24.3 Å². The molecule has 0 saturated heterocycles. The summed E-state index contributed by atoms with van der Waals surface area (Å²) in [6.07, 6.45) is 0. The molecule has 0 aliphatic rings. The molecular formula is C24H21O6PS2. The van der Waals surface area contributed by atoms with Crippen LogP contribution in [0.5, 0.6) is 0 Å². The first-order chi connectivity index (χ1) is 15.6. The van der Waals surface area contributed by atoms with Crippen LogP contribution >= 0.6 is 7.26 Å². The van der Waals surface area contributed by atoms with Gasteiger partial charge in [-0.15, -0.1) is 0 Å². The zero-order chi connectivity index (χ0) is 23.7. The Morgan fingerprint density at radius 3 is 0.970 bits per heavy atom. The second-order valence-electron chi connectivity index (χ2n) is 7.48. The summed E-state index contributed by atoms with van der Waals surface area (Å²) >= 11 is 0. The van der Waals surface area contributed by atoms with Crippen molar-refractivity contribution in [2.45, 2.75) is 9.79 Å². The van der Waals surface area contributed by atoms with Crippen molar-refractivity contribution in [2.24, 2.45) is 0 Å². The Kier molecular flexibility index (Phi) is 6.22. The van der Waals surface area contributed by atoms with Gasteiger partial charge in [0.15, 0.2) is 0 Å². The van der Waals surface area contributed by atoms with Crippen LogP contribution in [0.2, 0.25) is 0 Å². The molecule has 0 aromatic heterocycles. The molecule has 6 nitrogen and oxygen atoms in total. The fraction of sp³-hybridized carbons (Fsp3) is 0. The van der Waals surface area contributed by atoms with Crippen molar-refractivity contribution < 1.29 is 25.9 Å². The predicted molar refractivity (Wildman–Crippen MR) is 132 cm³/mol. The van der Waals surface area contributed by atoms with Gasteiger partial charge in [0.2, 0.25) is 0 Å². The minimum atomic E-state index is -4.36. The van der Waals surface area contributed by atoms with E-state index in [0.29, 0.717) is 0 Å². The molecule has 0 aliphatic carbocycles. The van der Waals surface area contributed by atoms with Crippen molar-refractivity contribution in [1.29, 1.82) is 0 Å². The van der Waals surface area contributed by atoms with Gasteiger partial charge in [0.1, 0.15) is 0 Å². The third-order valence-corrected chi connectivity index (χ3v) is 12.1. The first kappa shape index (κ1) is 23.3. The Morgan fingerprint density at radius 2 is 0.697 bits per heavy atom. The summed E-state index contributed by atoms with van der Waals surface area (Å²) in [5, 5.41) is 3.67.